The number of nitrogens with zero attached hydrogens (tertiary/aromatic N) is 1. The van der Waals surface area contributed by atoms with Crippen molar-refractivity contribution in [1.29, 1.82) is 0 Å². The van der Waals surface area contributed by atoms with E-state index in [-0.39, 0.29) is 0 Å². The third-order valence-corrected chi connectivity index (χ3v) is 8.12. The summed E-state index contributed by atoms with van der Waals surface area (Å²) in [7, 11) is 0. The van der Waals surface area contributed by atoms with Crippen molar-refractivity contribution in [2.75, 3.05) is 5.32 Å². The molecule has 1 aliphatic rings. The summed E-state index contributed by atoms with van der Waals surface area (Å²) in [6.45, 7) is 4.37. The van der Waals surface area contributed by atoms with Crippen molar-refractivity contribution >= 4 is 56.1 Å². The highest BCUT2D eigenvalue weighted by Crippen LogP contribution is 2.38. The summed E-state index contributed by atoms with van der Waals surface area (Å²) in [4.78, 5) is 0. The Morgan fingerprint density at radius 3 is 2.51 bits per heavy atom. The molecule has 190 valence electrons. The number of aromatic nitrogens is 1. The van der Waals surface area contributed by atoms with E-state index in [9.17, 15) is 0 Å². The van der Waals surface area contributed by atoms with Crippen LogP contribution in [0.2, 0.25) is 0 Å². The van der Waals surface area contributed by atoms with Crippen LogP contribution < -0.4 is 5.32 Å². The van der Waals surface area contributed by atoms with Crippen LogP contribution in [0.1, 0.15) is 42.5 Å². The Morgan fingerprint density at radius 1 is 0.821 bits per heavy atom. The maximum atomic E-state index is 3.82. The van der Waals surface area contributed by atoms with Crippen LogP contribution in [0.5, 0.6) is 0 Å². The van der Waals surface area contributed by atoms with Crippen molar-refractivity contribution in [2.45, 2.75) is 33.1 Å². The Kier molecular flexibility index (Phi) is 5.82. The van der Waals surface area contributed by atoms with Gasteiger partial charge in [0.05, 0.1) is 11.0 Å². The summed E-state index contributed by atoms with van der Waals surface area (Å²) in [5, 5.41) is 8.86. The van der Waals surface area contributed by atoms with Crippen molar-refractivity contribution in [2.24, 2.45) is 0 Å². The zero-order valence-corrected chi connectivity index (χ0v) is 22.5. The first kappa shape index (κ1) is 23.5. The molecule has 39 heavy (non-hydrogen) atoms. The third-order valence-electron chi connectivity index (χ3n) is 8.12. The van der Waals surface area contributed by atoms with Gasteiger partial charge >= 0.3 is 0 Å². The molecule has 0 fully saturated rings. The molecule has 6 aromatic rings. The van der Waals surface area contributed by atoms with E-state index in [1.54, 1.807) is 0 Å². The van der Waals surface area contributed by atoms with Crippen LogP contribution in [0.4, 0.5) is 11.4 Å². The van der Waals surface area contributed by atoms with E-state index >= 15 is 0 Å². The van der Waals surface area contributed by atoms with Gasteiger partial charge in [0.15, 0.2) is 0 Å². The Hall–Kier alpha value is -4.56. The second-order valence-electron chi connectivity index (χ2n) is 10.4. The summed E-state index contributed by atoms with van der Waals surface area (Å²) in [5.41, 5.74) is 11.6. The quantitative estimate of drug-likeness (QED) is 0.247. The van der Waals surface area contributed by atoms with E-state index in [4.69, 9.17) is 0 Å². The Morgan fingerprint density at radius 2 is 1.64 bits per heavy atom. The van der Waals surface area contributed by atoms with E-state index in [0.29, 0.717) is 0 Å². The molecule has 0 unspecified atom stereocenters. The van der Waals surface area contributed by atoms with Gasteiger partial charge in [0.25, 0.3) is 0 Å². The molecule has 0 radical (unpaired) electrons. The van der Waals surface area contributed by atoms with Crippen LogP contribution in [-0.4, -0.2) is 4.57 Å². The fourth-order valence-corrected chi connectivity index (χ4v) is 6.37. The van der Waals surface area contributed by atoms with E-state index in [0.717, 1.165) is 24.9 Å². The number of fused-ring (bicyclic) bond motifs is 5. The third kappa shape index (κ3) is 3.95. The van der Waals surface area contributed by atoms with Crippen molar-refractivity contribution in [3.05, 3.63) is 125 Å². The van der Waals surface area contributed by atoms with Gasteiger partial charge in [0, 0.05) is 33.4 Å². The summed E-state index contributed by atoms with van der Waals surface area (Å²) < 4.78 is 2.39. The fourth-order valence-electron chi connectivity index (χ4n) is 6.37. The molecule has 0 saturated carbocycles. The Labute approximate surface area is 229 Å². The average molecular weight is 505 g/mol. The van der Waals surface area contributed by atoms with E-state index < -0.39 is 0 Å². The first-order valence-corrected chi connectivity index (χ1v) is 14.0. The molecular weight excluding hydrogens is 472 g/mol. The van der Waals surface area contributed by atoms with Crippen LogP contribution in [0.15, 0.2) is 103 Å². The number of allylic oxidation sites excluding steroid dienone is 2. The van der Waals surface area contributed by atoms with E-state index in [1.807, 2.05) is 0 Å². The molecule has 2 nitrogen and oxygen atoms in total. The standard InChI is InChI=1S/C37H32N2/c1-3-11-27-23-35(32-15-8-7-14-31(32)30(27)4-2)38-28-19-21-37-34(24-28)33-16-9-10-17-36(33)39(37)29-20-18-25-12-5-6-13-26(25)22-29/h3,5-6,8-13,15-24,38H,4,7,14H2,1-2H3/b11-3-. The molecule has 5 aromatic carbocycles. The number of nitrogens with one attached hydrogen (secondary N) is 1. The Balaban J connectivity index is 1.38. The molecule has 2 heteroatoms. The van der Waals surface area contributed by atoms with Gasteiger partial charge < -0.3 is 9.88 Å². The highest BCUT2D eigenvalue weighted by atomic mass is 15.0. The van der Waals surface area contributed by atoms with Crippen molar-refractivity contribution < 1.29 is 0 Å². The van der Waals surface area contributed by atoms with Gasteiger partial charge in [-0.3, -0.25) is 0 Å². The van der Waals surface area contributed by atoms with Crippen molar-refractivity contribution in [3.8, 4) is 5.69 Å². The molecule has 0 atom stereocenters. The minimum absolute atomic E-state index is 1.05. The first-order chi connectivity index (χ1) is 19.2. The molecule has 0 spiro atoms. The van der Waals surface area contributed by atoms with Gasteiger partial charge in [0.1, 0.15) is 0 Å². The zero-order valence-electron chi connectivity index (χ0n) is 22.5. The minimum Gasteiger partial charge on any atom is -0.355 e. The van der Waals surface area contributed by atoms with Crippen LogP contribution in [0.3, 0.4) is 0 Å². The second kappa shape index (κ2) is 9.63. The molecule has 0 aliphatic heterocycles. The van der Waals surface area contributed by atoms with E-state index in [1.165, 1.54) is 66.2 Å². The van der Waals surface area contributed by atoms with Gasteiger partial charge in [-0.1, -0.05) is 79.8 Å². The lowest BCUT2D eigenvalue weighted by atomic mass is 9.87. The number of para-hydroxylation sites is 1. The molecular formula is C37H32N2. The molecule has 0 amide bonds. The molecule has 0 bridgehead atoms. The van der Waals surface area contributed by atoms with Gasteiger partial charge in [-0.15, -0.1) is 0 Å². The predicted octanol–water partition coefficient (Wildman–Crippen LogP) is 10.2. The van der Waals surface area contributed by atoms with E-state index in [2.05, 4.69) is 139 Å². The maximum Gasteiger partial charge on any atom is 0.0542 e. The van der Waals surface area contributed by atoms with Crippen LogP contribution in [0, 0.1) is 0 Å². The highest BCUT2D eigenvalue weighted by molar-refractivity contribution is 6.10. The van der Waals surface area contributed by atoms with Gasteiger partial charge in [-0.2, -0.15) is 0 Å². The maximum absolute atomic E-state index is 3.82. The number of hydrogen-bond acceptors (Lipinski definition) is 1. The topological polar surface area (TPSA) is 17.0 Å². The molecule has 1 N–H and O–H groups in total. The fraction of sp³-hybridized carbons (Fsp3) is 0.135. The van der Waals surface area contributed by atoms with Crippen LogP contribution >= 0.6 is 0 Å². The van der Waals surface area contributed by atoms with Gasteiger partial charge in [0.2, 0.25) is 0 Å². The normalized spacial score (nSPS) is 13.1. The minimum atomic E-state index is 1.05. The molecule has 1 heterocycles. The number of anilines is 2. The molecule has 0 saturated heterocycles. The summed E-state index contributed by atoms with van der Waals surface area (Å²) >= 11 is 0. The summed E-state index contributed by atoms with van der Waals surface area (Å²) in [5.74, 6) is 0. The lowest BCUT2D eigenvalue weighted by molar-refractivity contribution is 0.945. The molecule has 7 rings (SSSR count). The summed E-state index contributed by atoms with van der Waals surface area (Å²) in [6.07, 6.45) is 12.3. The van der Waals surface area contributed by atoms with Crippen LogP contribution in [-0.2, 0) is 12.8 Å². The Bertz CT molecular complexity index is 1930. The molecule has 1 aromatic heterocycles. The monoisotopic (exact) mass is 504 g/mol. The predicted molar refractivity (Wildman–Crippen MR) is 169 cm³/mol. The van der Waals surface area contributed by atoms with Crippen molar-refractivity contribution in [1.82, 2.24) is 4.57 Å². The number of hydrogen-bond donors (Lipinski definition) is 1. The highest BCUT2D eigenvalue weighted by Gasteiger charge is 2.18. The van der Waals surface area contributed by atoms with Crippen LogP contribution in [0.25, 0.3) is 50.4 Å². The van der Waals surface area contributed by atoms with Crippen molar-refractivity contribution in [3.63, 3.8) is 0 Å². The average Bonchev–Trinajstić information content (AvgIpc) is 3.31. The van der Waals surface area contributed by atoms with Gasteiger partial charge in [-0.05, 0) is 96.1 Å². The largest absolute Gasteiger partial charge is 0.355 e. The lowest BCUT2D eigenvalue weighted by Crippen LogP contribution is -2.06. The number of benzene rings is 5. The smallest absolute Gasteiger partial charge is 0.0542 e. The second-order valence-corrected chi connectivity index (χ2v) is 10.4. The zero-order chi connectivity index (χ0) is 26.3. The lowest BCUT2D eigenvalue weighted by Gasteiger charge is -2.22. The molecule has 1 aliphatic carbocycles. The first-order valence-electron chi connectivity index (χ1n) is 14.0. The SMILES string of the molecule is C/C=C\c1cc(Nc2ccc3c(c2)c2ccccc2n3-c2ccc3ccccc3c2)c2c(c1CC)CCC=C2. The summed E-state index contributed by atoms with van der Waals surface area (Å²) in [6, 6.07) is 33.2. The number of rotatable bonds is 5. The van der Waals surface area contributed by atoms with Gasteiger partial charge in [-0.25, -0.2) is 0 Å².